The highest BCUT2D eigenvalue weighted by Gasteiger charge is 2.51. The average Bonchev–Trinajstić information content (AvgIpc) is 3.52. The van der Waals surface area contributed by atoms with Gasteiger partial charge in [-0.15, -0.1) is 0 Å². The van der Waals surface area contributed by atoms with Crippen molar-refractivity contribution in [2.24, 2.45) is 5.41 Å². The van der Waals surface area contributed by atoms with Crippen LogP contribution in [0.3, 0.4) is 0 Å². The first-order chi connectivity index (χ1) is 26.0. The van der Waals surface area contributed by atoms with Gasteiger partial charge in [0.05, 0.1) is 11.5 Å². The van der Waals surface area contributed by atoms with Gasteiger partial charge in [-0.25, -0.2) is 18.0 Å². The lowest BCUT2D eigenvalue weighted by molar-refractivity contribution is -0.198. The van der Waals surface area contributed by atoms with Gasteiger partial charge in [0.1, 0.15) is 18.5 Å². The molecule has 2 N–H and O–H groups in total. The number of ether oxygens (including phenoxy) is 3. The largest absolute Gasteiger partial charge is 0.464 e. The van der Waals surface area contributed by atoms with E-state index in [1.807, 2.05) is 35.2 Å². The first-order valence-electron chi connectivity index (χ1n) is 17.4. The molecule has 1 spiro atoms. The maximum Gasteiger partial charge on any atom is 0.429 e. The Balaban J connectivity index is 1.21. The Morgan fingerprint density at radius 1 is 1.00 bits per heavy atom. The number of anilines is 2. The lowest BCUT2D eigenvalue weighted by Gasteiger charge is -2.39. The van der Waals surface area contributed by atoms with Crippen LogP contribution in [0.25, 0.3) is 11.1 Å². The second-order valence-electron chi connectivity index (χ2n) is 13.6. The number of nitrogens with zero attached hydrogens (tertiary/aromatic N) is 4. The predicted molar refractivity (Wildman–Crippen MR) is 198 cm³/mol. The number of halogens is 4. The minimum absolute atomic E-state index is 0.0135. The molecule has 12 nitrogen and oxygen atoms in total. The quantitative estimate of drug-likeness (QED) is 0.165. The van der Waals surface area contributed by atoms with Crippen molar-refractivity contribution in [2.45, 2.75) is 56.0 Å². The van der Waals surface area contributed by atoms with Crippen molar-refractivity contribution in [2.75, 3.05) is 43.1 Å². The Kier molecular flexibility index (Phi) is 11.5. The standard InChI is InChI=1S/C38H39ClF3N5O7S/c1-3-52-34(48)30-21-37(23-47(30)36(49)53-22-24-8-5-4-6-9-24)14-16-46(17-15-37)31-20-32(45-35(43)44-31)54-33(38(40,41)42)28-13-12-26(39)19-29(28)25-10-7-11-27(18-25)55(2,50)51/h4-13,18-20,30,33H,3,14-17,21-23H2,1-2H3,(H2,43,44,45)/t30-,33+/m0/s1. The monoisotopic (exact) mass is 801 g/mol. The summed E-state index contributed by atoms with van der Waals surface area (Å²) in [5, 5.41) is 0.129. The Morgan fingerprint density at radius 3 is 2.40 bits per heavy atom. The smallest absolute Gasteiger partial charge is 0.429 e. The first kappa shape index (κ1) is 39.6. The number of rotatable bonds is 10. The fourth-order valence-corrected chi connectivity index (χ4v) is 7.89. The zero-order valence-electron chi connectivity index (χ0n) is 30.0. The van der Waals surface area contributed by atoms with E-state index in [1.165, 1.54) is 53.4 Å². The maximum absolute atomic E-state index is 14.8. The molecule has 1 amide bonds. The number of amides is 1. The van der Waals surface area contributed by atoms with Gasteiger partial charge >= 0.3 is 18.2 Å². The summed E-state index contributed by atoms with van der Waals surface area (Å²) in [7, 11) is -3.67. The third-order valence-corrected chi connectivity index (χ3v) is 11.1. The number of piperidine rings is 1. The summed E-state index contributed by atoms with van der Waals surface area (Å²) < 4.78 is 85.5. The van der Waals surface area contributed by atoms with Gasteiger partial charge in [0.25, 0.3) is 0 Å². The molecule has 2 aliphatic rings. The molecule has 2 atom stereocenters. The van der Waals surface area contributed by atoms with Crippen LogP contribution in [0, 0.1) is 5.41 Å². The molecule has 17 heteroatoms. The minimum Gasteiger partial charge on any atom is -0.464 e. The summed E-state index contributed by atoms with van der Waals surface area (Å²) >= 11 is 6.21. The summed E-state index contributed by atoms with van der Waals surface area (Å²) in [6.45, 7) is 2.88. The number of hydrogen-bond donors (Lipinski definition) is 1. The van der Waals surface area contributed by atoms with Crippen LogP contribution in [0.4, 0.5) is 29.7 Å². The van der Waals surface area contributed by atoms with Gasteiger partial charge in [-0.1, -0.05) is 60.1 Å². The van der Waals surface area contributed by atoms with Crippen molar-refractivity contribution in [3.63, 3.8) is 0 Å². The number of sulfone groups is 1. The van der Waals surface area contributed by atoms with E-state index in [4.69, 9.17) is 31.5 Å². The van der Waals surface area contributed by atoms with Crippen LogP contribution in [-0.4, -0.2) is 80.1 Å². The summed E-state index contributed by atoms with van der Waals surface area (Å²) in [5.41, 5.74) is 6.22. The highest BCUT2D eigenvalue weighted by Crippen LogP contribution is 2.46. The molecule has 55 heavy (non-hydrogen) atoms. The molecular weight excluding hydrogens is 763 g/mol. The lowest BCUT2D eigenvalue weighted by Crippen LogP contribution is -2.43. The molecule has 4 aromatic rings. The van der Waals surface area contributed by atoms with E-state index in [2.05, 4.69) is 9.97 Å². The Hall–Kier alpha value is -5.09. The number of nitrogens with two attached hydrogens (primary N) is 1. The van der Waals surface area contributed by atoms with Crippen LogP contribution in [0.1, 0.15) is 43.4 Å². The van der Waals surface area contributed by atoms with Crippen molar-refractivity contribution >= 4 is 45.3 Å². The molecule has 2 saturated heterocycles. The van der Waals surface area contributed by atoms with Crippen LogP contribution in [0.5, 0.6) is 5.88 Å². The van der Waals surface area contributed by atoms with Gasteiger partial charge in [-0.2, -0.15) is 23.1 Å². The van der Waals surface area contributed by atoms with E-state index in [1.54, 1.807) is 6.92 Å². The molecular formula is C38H39ClF3N5O7S. The van der Waals surface area contributed by atoms with Crippen molar-refractivity contribution in [1.29, 1.82) is 0 Å². The summed E-state index contributed by atoms with van der Waals surface area (Å²) in [6.07, 6.45) is -5.77. The summed E-state index contributed by atoms with van der Waals surface area (Å²) in [4.78, 5) is 37.7. The third kappa shape index (κ3) is 9.24. The zero-order chi connectivity index (χ0) is 39.5. The van der Waals surface area contributed by atoms with Crippen LogP contribution in [0.2, 0.25) is 5.02 Å². The second-order valence-corrected chi connectivity index (χ2v) is 16.1. The molecule has 0 unspecified atom stereocenters. The second kappa shape index (κ2) is 15.9. The van der Waals surface area contributed by atoms with Crippen molar-refractivity contribution in [1.82, 2.24) is 14.9 Å². The van der Waals surface area contributed by atoms with Crippen LogP contribution in [0.15, 0.2) is 83.8 Å². The number of benzene rings is 3. The van der Waals surface area contributed by atoms with Gasteiger partial charge in [-0.3, -0.25) is 4.90 Å². The van der Waals surface area contributed by atoms with Gasteiger partial charge in [0.15, 0.2) is 9.84 Å². The van der Waals surface area contributed by atoms with E-state index < -0.39 is 51.5 Å². The molecule has 292 valence electrons. The Bertz CT molecular complexity index is 2150. The molecule has 2 aliphatic heterocycles. The molecule has 0 aliphatic carbocycles. The number of nitrogen functional groups attached to an aromatic ring is 1. The number of carbonyl (C=O) groups is 2. The molecule has 0 saturated carbocycles. The van der Waals surface area contributed by atoms with E-state index in [0.717, 1.165) is 11.8 Å². The number of hydrogen-bond acceptors (Lipinski definition) is 11. The number of likely N-dealkylation sites (tertiary alicyclic amines) is 1. The van der Waals surface area contributed by atoms with E-state index >= 15 is 0 Å². The average molecular weight is 802 g/mol. The molecule has 0 radical (unpaired) electrons. The fourth-order valence-electron chi connectivity index (χ4n) is 7.05. The van der Waals surface area contributed by atoms with Crippen LogP contribution in [-0.2, 0) is 30.7 Å². The summed E-state index contributed by atoms with van der Waals surface area (Å²) in [5.74, 6) is -1.04. The van der Waals surface area contributed by atoms with Gasteiger partial charge in [0.2, 0.25) is 17.9 Å². The topological polar surface area (TPSA) is 154 Å². The lowest BCUT2D eigenvalue weighted by atomic mass is 9.76. The highest BCUT2D eigenvalue weighted by molar-refractivity contribution is 7.90. The zero-order valence-corrected chi connectivity index (χ0v) is 31.5. The van der Waals surface area contributed by atoms with Crippen molar-refractivity contribution < 1.29 is 45.4 Å². The molecule has 0 bridgehead atoms. The van der Waals surface area contributed by atoms with Crippen molar-refractivity contribution in [3.05, 3.63) is 95.0 Å². The normalized spacial score (nSPS) is 17.5. The number of aromatic nitrogens is 2. The number of carbonyl (C=O) groups excluding carboxylic acids is 2. The minimum atomic E-state index is -4.96. The van der Waals surface area contributed by atoms with E-state index in [-0.39, 0.29) is 58.1 Å². The highest BCUT2D eigenvalue weighted by atomic mass is 35.5. The molecule has 1 aromatic heterocycles. The van der Waals surface area contributed by atoms with E-state index in [9.17, 15) is 31.2 Å². The van der Waals surface area contributed by atoms with Gasteiger partial charge in [-0.05, 0) is 72.6 Å². The predicted octanol–water partition coefficient (Wildman–Crippen LogP) is 7.03. The summed E-state index contributed by atoms with van der Waals surface area (Å²) in [6, 6.07) is 18.9. The molecule has 3 heterocycles. The Morgan fingerprint density at radius 2 is 1.73 bits per heavy atom. The van der Waals surface area contributed by atoms with Crippen molar-refractivity contribution in [3.8, 4) is 17.0 Å². The molecule has 2 fully saturated rings. The third-order valence-electron chi connectivity index (χ3n) is 9.77. The number of alkyl halides is 3. The first-order valence-corrected chi connectivity index (χ1v) is 19.7. The SMILES string of the molecule is CCOC(=O)[C@@H]1CC2(CCN(c3cc(O[C@H](c4ccc(Cl)cc4-c4cccc(S(C)(=O)=O)c4)C(F)(F)F)nc(N)n3)CC2)CN1C(=O)OCc1ccccc1. The van der Waals surface area contributed by atoms with Crippen LogP contribution >= 0.6 is 11.6 Å². The fraction of sp³-hybridized carbons (Fsp3) is 0.368. The van der Waals surface area contributed by atoms with Crippen LogP contribution < -0.4 is 15.4 Å². The molecule has 6 rings (SSSR count). The maximum atomic E-state index is 14.8. The van der Waals surface area contributed by atoms with Gasteiger partial charge < -0.3 is 24.8 Å². The van der Waals surface area contributed by atoms with Gasteiger partial charge in [0, 0.05) is 42.5 Å². The number of esters is 1. The Labute approximate surface area is 321 Å². The van der Waals surface area contributed by atoms with E-state index in [0.29, 0.717) is 32.4 Å². The molecule has 3 aromatic carbocycles.